The highest BCUT2D eigenvalue weighted by Gasteiger charge is 2.17. The Morgan fingerprint density at radius 3 is 2.78 bits per heavy atom. The van der Waals surface area contributed by atoms with Gasteiger partial charge < -0.3 is 15.1 Å². The fourth-order valence-corrected chi connectivity index (χ4v) is 2.04. The summed E-state index contributed by atoms with van der Waals surface area (Å²) in [6, 6.07) is 9.68. The lowest BCUT2D eigenvalue weighted by atomic mass is 10.2. The molecule has 0 radical (unpaired) electrons. The van der Waals surface area contributed by atoms with Gasteiger partial charge in [0.15, 0.2) is 5.69 Å². The number of imidazole rings is 1. The van der Waals surface area contributed by atoms with E-state index in [1.165, 1.54) is 0 Å². The first kappa shape index (κ1) is 10.6. The van der Waals surface area contributed by atoms with Gasteiger partial charge in [-0.15, -0.1) is 0 Å². The standard InChI is InChI=1S/C13H11N3O2/c1-7-14-11(12(15-7)13(17)18)10-6-8-4-2-3-5-9(8)16-10/h2-6,16H,1H3,(H,14,15)(H,17,18). The van der Waals surface area contributed by atoms with Gasteiger partial charge in [-0.1, -0.05) is 18.2 Å². The van der Waals surface area contributed by atoms with Crippen molar-refractivity contribution in [3.05, 3.63) is 41.9 Å². The first-order valence-corrected chi connectivity index (χ1v) is 5.53. The number of nitrogens with zero attached hydrogens (tertiary/aromatic N) is 1. The smallest absolute Gasteiger partial charge is 0.354 e. The van der Waals surface area contributed by atoms with Crippen molar-refractivity contribution < 1.29 is 9.90 Å². The number of carboxylic acids is 1. The molecule has 5 nitrogen and oxygen atoms in total. The zero-order valence-corrected chi connectivity index (χ0v) is 9.69. The van der Waals surface area contributed by atoms with Crippen LogP contribution in [0.1, 0.15) is 16.3 Å². The third kappa shape index (κ3) is 1.57. The van der Waals surface area contributed by atoms with Crippen molar-refractivity contribution in [3.63, 3.8) is 0 Å². The maximum atomic E-state index is 11.1. The van der Waals surface area contributed by atoms with Crippen LogP contribution < -0.4 is 0 Å². The second kappa shape index (κ2) is 3.73. The quantitative estimate of drug-likeness (QED) is 0.644. The van der Waals surface area contributed by atoms with Gasteiger partial charge in [0.05, 0.1) is 5.69 Å². The average Bonchev–Trinajstić information content (AvgIpc) is 2.91. The molecular weight excluding hydrogens is 230 g/mol. The maximum Gasteiger partial charge on any atom is 0.354 e. The highest BCUT2D eigenvalue weighted by atomic mass is 16.4. The minimum Gasteiger partial charge on any atom is -0.477 e. The number of nitrogens with one attached hydrogen (secondary N) is 2. The van der Waals surface area contributed by atoms with E-state index in [1.54, 1.807) is 6.92 Å². The number of rotatable bonds is 2. The van der Waals surface area contributed by atoms with Crippen LogP contribution in [-0.2, 0) is 0 Å². The van der Waals surface area contributed by atoms with Gasteiger partial charge in [0, 0.05) is 10.9 Å². The van der Waals surface area contributed by atoms with Crippen LogP contribution in [0.4, 0.5) is 0 Å². The van der Waals surface area contributed by atoms with E-state index in [2.05, 4.69) is 15.0 Å². The lowest BCUT2D eigenvalue weighted by Gasteiger charge is -1.94. The molecule has 2 aromatic heterocycles. The fraction of sp³-hybridized carbons (Fsp3) is 0.0769. The van der Waals surface area contributed by atoms with Gasteiger partial charge in [0.1, 0.15) is 11.5 Å². The van der Waals surface area contributed by atoms with Crippen molar-refractivity contribution in [1.82, 2.24) is 15.0 Å². The number of H-pyrrole nitrogens is 2. The third-order valence-corrected chi connectivity index (χ3v) is 2.82. The molecule has 0 saturated heterocycles. The van der Waals surface area contributed by atoms with E-state index >= 15 is 0 Å². The van der Waals surface area contributed by atoms with E-state index in [0.29, 0.717) is 17.2 Å². The first-order chi connectivity index (χ1) is 8.65. The Bertz CT molecular complexity index is 707. The molecule has 90 valence electrons. The highest BCUT2D eigenvalue weighted by molar-refractivity contribution is 5.94. The lowest BCUT2D eigenvalue weighted by molar-refractivity contribution is 0.0692. The topological polar surface area (TPSA) is 81.8 Å². The summed E-state index contributed by atoms with van der Waals surface area (Å²) in [5, 5.41) is 10.2. The number of hydrogen-bond acceptors (Lipinski definition) is 2. The van der Waals surface area contributed by atoms with Crippen molar-refractivity contribution in [2.24, 2.45) is 0 Å². The normalized spacial score (nSPS) is 10.9. The number of aromatic carboxylic acids is 1. The molecule has 18 heavy (non-hydrogen) atoms. The molecule has 0 amide bonds. The molecule has 0 fully saturated rings. The Morgan fingerprint density at radius 1 is 1.28 bits per heavy atom. The molecule has 0 aliphatic heterocycles. The summed E-state index contributed by atoms with van der Waals surface area (Å²) in [4.78, 5) is 21.3. The molecule has 3 rings (SSSR count). The Hall–Kier alpha value is -2.56. The lowest BCUT2D eigenvalue weighted by Crippen LogP contribution is -1.99. The van der Waals surface area contributed by atoms with Crippen LogP contribution in [0.3, 0.4) is 0 Å². The number of para-hydroxylation sites is 1. The number of hydrogen-bond donors (Lipinski definition) is 3. The zero-order valence-electron chi connectivity index (χ0n) is 9.69. The summed E-state index contributed by atoms with van der Waals surface area (Å²) < 4.78 is 0. The van der Waals surface area contributed by atoms with Crippen LogP contribution in [0.15, 0.2) is 30.3 Å². The molecule has 0 saturated carbocycles. The molecule has 1 aromatic carbocycles. The van der Waals surface area contributed by atoms with Gasteiger partial charge >= 0.3 is 5.97 Å². The Kier molecular flexibility index (Phi) is 2.19. The summed E-state index contributed by atoms with van der Waals surface area (Å²) in [5.74, 6) is -0.426. The van der Waals surface area contributed by atoms with Gasteiger partial charge in [0.2, 0.25) is 0 Å². The molecule has 3 aromatic rings. The van der Waals surface area contributed by atoms with Crippen LogP contribution in [0, 0.1) is 6.92 Å². The number of carboxylic acid groups (broad SMARTS) is 1. The van der Waals surface area contributed by atoms with E-state index < -0.39 is 5.97 Å². The van der Waals surface area contributed by atoms with Crippen LogP contribution in [0.25, 0.3) is 22.3 Å². The van der Waals surface area contributed by atoms with Gasteiger partial charge in [-0.2, -0.15) is 0 Å². The second-order valence-electron chi connectivity index (χ2n) is 4.12. The molecule has 2 heterocycles. The Balaban J connectivity index is 2.22. The van der Waals surface area contributed by atoms with E-state index in [1.807, 2.05) is 30.3 Å². The van der Waals surface area contributed by atoms with E-state index in [-0.39, 0.29) is 5.69 Å². The largest absolute Gasteiger partial charge is 0.477 e. The summed E-state index contributed by atoms with van der Waals surface area (Å²) >= 11 is 0. The predicted molar refractivity (Wildman–Crippen MR) is 67.6 cm³/mol. The Labute approximate surface area is 102 Å². The molecular formula is C13H11N3O2. The molecule has 0 aliphatic carbocycles. The highest BCUT2D eigenvalue weighted by Crippen LogP contribution is 2.25. The summed E-state index contributed by atoms with van der Waals surface area (Å²) in [6.45, 7) is 1.73. The summed E-state index contributed by atoms with van der Waals surface area (Å²) in [5.41, 5.74) is 2.22. The average molecular weight is 241 g/mol. The third-order valence-electron chi connectivity index (χ3n) is 2.82. The van der Waals surface area contributed by atoms with Crippen LogP contribution >= 0.6 is 0 Å². The number of aromatic nitrogens is 3. The fourth-order valence-electron chi connectivity index (χ4n) is 2.04. The molecule has 0 bridgehead atoms. The number of aromatic amines is 2. The minimum atomic E-state index is -1.01. The van der Waals surface area contributed by atoms with Crippen LogP contribution in [-0.4, -0.2) is 26.0 Å². The molecule has 0 spiro atoms. The van der Waals surface area contributed by atoms with Gasteiger partial charge in [0.25, 0.3) is 0 Å². The molecule has 0 unspecified atom stereocenters. The monoisotopic (exact) mass is 241 g/mol. The SMILES string of the molecule is Cc1nc(-c2cc3ccccc3[nH]2)c(C(=O)O)[nH]1. The number of aryl methyl sites for hydroxylation is 1. The van der Waals surface area contributed by atoms with Gasteiger partial charge in [-0.25, -0.2) is 9.78 Å². The van der Waals surface area contributed by atoms with Crippen molar-refractivity contribution in [1.29, 1.82) is 0 Å². The van der Waals surface area contributed by atoms with Crippen molar-refractivity contribution in [3.8, 4) is 11.4 Å². The van der Waals surface area contributed by atoms with E-state index in [9.17, 15) is 4.79 Å². The van der Waals surface area contributed by atoms with Crippen LogP contribution in [0.2, 0.25) is 0 Å². The first-order valence-electron chi connectivity index (χ1n) is 5.53. The van der Waals surface area contributed by atoms with E-state index in [4.69, 9.17) is 5.11 Å². The maximum absolute atomic E-state index is 11.1. The molecule has 3 N–H and O–H groups in total. The number of fused-ring (bicyclic) bond motifs is 1. The number of carbonyl (C=O) groups is 1. The number of benzene rings is 1. The molecule has 0 atom stereocenters. The summed E-state index contributed by atoms with van der Waals surface area (Å²) in [7, 11) is 0. The van der Waals surface area contributed by atoms with Gasteiger partial charge in [-0.05, 0) is 19.1 Å². The van der Waals surface area contributed by atoms with Crippen LogP contribution in [0.5, 0.6) is 0 Å². The molecule has 0 aliphatic rings. The van der Waals surface area contributed by atoms with Gasteiger partial charge in [-0.3, -0.25) is 0 Å². The second-order valence-corrected chi connectivity index (χ2v) is 4.12. The predicted octanol–water partition coefficient (Wildman–Crippen LogP) is 2.56. The Morgan fingerprint density at radius 2 is 2.06 bits per heavy atom. The van der Waals surface area contributed by atoms with Crippen molar-refractivity contribution in [2.45, 2.75) is 6.92 Å². The van der Waals surface area contributed by atoms with Crippen molar-refractivity contribution >= 4 is 16.9 Å². The summed E-state index contributed by atoms with van der Waals surface area (Å²) in [6.07, 6.45) is 0. The molecule has 5 heteroatoms. The zero-order chi connectivity index (χ0) is 12.7. The minimum absolute atomic E-state index is 0.110. The van der Waals surface area contributed by atoms with Crippen molar-refractivity contribution in [2.75, 3.05) is 0 Å². The van der Waals surface area contributed by atoms with E-state index in [0.717, 1.165) is 10.9 Å².